The fourth-order valence-electron chi connectivity index (χ4n) is 3.35. The Hall–Kier alpha value is -4.06. The molecular weight excluding hydrogens is 378 g/mol. The number of ether oxygens (including phenoxy) is 2. The van der Waals surface area contributed by atoms with Gasteiger partial charge in [0.25, 0.3) is 0 Å². The summed E-state index contributed by atoms with van der Waals surface area (Å²) in [7, 11) is 0. The first-order valence-corrected chi connectivity index (χ1v) is 9.68. The SMILES string of the molecule is O=C(/C=C/c1ccccc1)Nc1cccc(-c2nc3cc4c(cc3[nH]2)OCCO4)c1. The van der Waals surface area contributed by atoms with Crippen molar-refractivity contribution < 1.29 is 14.3 Å². The molecule has 148 valence electrons. The van der Waals surface area contributed by atoms with Gasteiger partial charge in [-0.15, -0.1) is 0 Å². The van der Waals surface area contributed by atoms with E-state index in [2.05, 4.69) is 15.3 Å². The van der Waals surface area contributed by atoms with Crippen molar-refractivity contribution in [3.63, 3.8) is 0 Å². The zero-order chi connectivity index (χ0) is 20.3. The summed E-state index contributed by atoms with van der Waals surface area (Å²) >= 11 is 0. The first-order chi connectivity index (χ1) is 14.7. The van der Waals surface area contributed by atoms with Crippen LogP contribution in [0, 0.1) is 0 Å². The van der Waals surface area contributed by atoms with E-state index in [4.69, 9.17) is 9.47 Å². The maximum Gasteiger partial charge on any atom is 0.248 e. The lowest BCUT2D eigenvalue weighted by atomic mass is 10.2. The first kappa shape index (κ1) is 18.0. The Morgan fingerprint density at radius 2 is 1.77 bits per heavy atom. The predicted molar refractivity (Wildman–Crippen MR) is 117 cm³/mol. The van der Waals surface area contributed by atoms with Gasteiger partial charge in [0.2, 0.25) is 5.91 Å². The van der Waals surface area contributed by atoms with E-state index in [0.717, 1.165) is 27.9 Å². The minimum atomic E-state index is -0.192. The molecule has 0 atom stereocenters. The molecule has 5 rings (SSSR count). The average Bonchev–Trinajstić information content (AvgIpc) is 3.20. The average molecular weight is 397 g/mol. The number of benzene rings is 3. The molecular formula is C24H19N3O3. The molecule has 3 aromatic carbocycles. The maximum absolute atomic E-state index is 12.3. The number of hydrogen-bond donors (Lipinski definition) is 2. The first-order valence-electron chi connectivity index (χ1n) is 9.68. The summed E-state index contributed by atoms with van der Waals surface area (Å²) in [6.45, 7) is 1.08. The molecule has 2 N–H and O–H groups in total. The highest BCUT2D eigenvalue weighted by atomic mass is 16.6. The van der Waals surface area contributed by atoms with E-state index in [1.54, 1.807) is 6.08 Å². The van der Waals surface area contributed by atoms with E-state index >= 15 is 0 Å². The van der Waals surface area contributed by atoms with Crippen molar-refractivity contribution in [1.82, 2.24) is 9.97 Å². The molecule has 0 aliphatic carbocycles. The highest BCUT2D eigenvalue weighted by Crippen LogP contribution is 2.35. The molecule has 30 heavy (non-hydrogen) atoms. The molecule has 0 spiro atoms. The predicted octanol–water partition coefficient (Wildman–Crippen LogP) is 4.65. The van der Waals surface area contributed by atoms with Gasteiger partial charge >= 0.3 is 0 Å². The quantitative estimate of drug-likeness (QED) is 0.492. The third-order valence-electron chi connectivity index (χ3n) is 4.78. The van der Waals surface area contributed by atoms with Gasteiger partial charge in [0, 0.05) is 29.5 Å². The smallest absolute Gasteiger partial charge is 0.248 e. The molecule has 0 bridgehead atoms. The second-order valence-corrected chi connectivity index (χ2v) is 6.91. The largest absolute Gasteiger partial charge is 0.486 e. The lowest BCUT2D eigenvalue weighted by molar-refractivity contribution is -0.111. The van der Waals surface area contributed by atoms with Crippen LogP contribution in [0.2, 0.25) is 0 Å². The van der Waals surface area contributed by atoms with Gasteiger partial charge in [0.15, 0.2) is 11.5 Å². The van der Waals surface area contributed by atoms with Crippen molar-refractivity contribution in [1.29, 1.82) is 0 Å². The fourth-order valence-corrected chi connectivity index (χ4v) is 3.35. The van der Waals surface area contributed by atoms with Gasteiger partial charge in [0.1, 0.15) is 19.0 Å². The molecule has 1 aliphatic heterocycles. The van der Waals surface area contributed by atoms with Crippen LogP contribution in [0.4, 0.5) is 5.69 Å². The molecule has 6 nitrogen and oxygen atoms in total. The number of rotatable bonds is 4. The van der Waals surface area contributed by atoms with Crippen LogP contribution in [0.5, 0.6) is 11.5 Å². The number of aromatic nitrogens is 2. The van der Waals surface area contributed by atoms with Crippen molar-refractivity contribution in [2.24, 2.45) is 0 Å². The fraction of sp³-hybridized carbons (Fsp3) is 0.0833. The number of hydrogen-bond acceptors (Lipinski definition) is 4. The van der Waals surface area contributed by atoms with Crippen LogP contribution in [-0.2, 0) is 4.79 Å². The van der Waals surface area contributed by atoms with E-state index in [9.17, 15) is 4.79 Å². The third kappa shape index (κ3) is 3.75. The van der Waals surface area contributed by atoms with Crippen LogP contribution in [0.25, 0.3) is 28.5 Å². The maximum atomic E-state index is 12.3. The summed E-state index contributed by atoms with van der Waals surface area (Å²) in [6, 6.07) is 21.0. The zero-order valence-corrected chi connectivity index (χ0v) is 16.1. The van der Waals surface area contributed by atoms with Crippen LogP contribution >= 0.6 is 0 Å². The number of aromatic amines is 1. The second-order valence-electron chi connectivity index (χ2n) is 6.91. The number of H-pyrrole nitrogens is 1. The lowest BCUT2D eigenvalue weighted by Crippen LogP contribution is -2.15. The van der Waals surface area contributed by atoms with Crippen LogP contribution in [-0.4, -0.2) is 29.1 Å². The van der Waals surface area contributed by atoms with Gasteiger partial charge in [0.05, 0.1) is 11.0 Å². The van der Waals surface area contributed by atoms with Crippen molar-refractivity contribution in [2.75, 3.05) is 18.5 Å². The molecule has 2 heterocycles. The molecule has 1 aliphatic rings. The number of amides is 1. The Kier molecular flexibility index (Phi) is 4.65. The highest BCUT2D eigenvalue weighted by Gasteiger charge is 2.15. The molecule has 0 saturated carbocycles. The summed E-state index contributed by atoms with van der Waals surface area (Å²) in [5.41, 5.74) is 4.21. The number of nitrogens with one attached hydrogen (secondary N) is 2. The molecule has 0 radical (unpaired) electrons. The minimum Gasteiger partial charge on any atom is -0.486 e. The Morgan fingerprint density at radius 3 is 2.60 bits per heavy atom. The van der Waals surface area contributed by atoms with Crippen LogP contribution < -0.4 is 14.8 Å². The Balaban J connectivity index is 1.37. The number of fused-ring (bicyclic) bond motifs is 2. The summed E-state index contributed by atoms with van der Waals surface area (Å²) in [5.74, 6) is 1.94. The zero-order valence-electron chi connectivity index (χ0n) is 16.1. The summed E-state index contributed by atoms with van der Waals surface area (Å²) < 4.78 is 11.3. The molecule has 4 aromatic rings. The Labute approximate surface area is 173 Å². The number of anilines is 1. The normalized spacial score (nSPS) is 12.9. The van der Waals surface area contributed by atoms with Crippen molar-refractivity contribution >= 4 is 28.7 Å². The minimum absolute atomic E-state index is 0.192. The molecule has 6 heteroatoms. The third-order valence-corrected chi connectivity index (χ3v) is 4.78. The second kappa shape index (κ2) is 7.75. The summed E-state index contributed by atoms with van der Waals surface area (Å²) in [6.07, 6.45) is 3.30. The highest BCUT2D eigenvalue weighted by molar-refractivity contribution is 6.02. The van der Waals surface area contributed by atoms with E-state index < -0.39 is 0 Å². The molecule has 0 fully saturated rings. The molecule has 0 unspecified atom stereocenters. The van der Waals surface area contributed by atoms with Gasteiger partial charge in [-0.3, -0.25) is 4.79 Å². The molecule has 0 saturated heterocycles. The topological polar surface area (TPSA) is 76.2 Å². The number of carbonyl (C=O) groups excluding carboxylic acids is 1. The van der Waals surface area contributed by atoms with Gasteiger partial charge in [-0.2, -0.15) is 0 Å². The van der Waals surface area contributed by atoms with E-state index in [0.29, 0.717) is 30.5 Å². The van der Waals surface area contributed by atoms with Gasteiger partial charge in [-0.25, -0.2) is 4.98 Å². The number of imidazole rings is 1. The lowest BCUT2D eigenvalue weighted by Gasteiger charge is -2.17. The van der Waals surface area contributed by atoms with Crippen molar-refractivity contribution in [3.05, 3.63) is 78.4 Å². The van der Waals surface area contributed by atoms with E-state index in [1.807, 2.05) is 66.7 Å². The Bertz CT molecular complexity index is 1200. The van der Waals surface area contributed by atoms with Gasteiger partial charge in [-0.05, 0) is 23.8 Å². The van der Waals surface area contributed by atoms with Crippen molar-refractivity contribution in [3.8, 4) is 22.9 Å². The van der Waals surface area contributed by atoms with Crippen LogP contribution in [0.3, 0.4) is 0 Å². The number of nitrogens with zero attached hydrogens (tertiary/aromatic N) is 1. The summed E-state index contributed by atoms with van der Waals surface area (Å²) in [5, 5.41) is 2.89. The van der Waals surface area contributed by atoms with Gasteiger partial charge < -0.3 is 19.8 Å². The van der Waals surface area contributed by atoms with Gasteiger partial charge in [-0.1, -0.05) is 42.5 Å². The van der Waals surface area contributed by atoms with Crippen LogP contribution in [0.15, 0.2) is 72.8 Å². The molecule has 1 amide bonds. The van der Waals surface area contributed by atoms with Crippen LogP contribution in [0.1, 0.15) is 5.56 Å². The Morgan fingerprint density at radius 1 is 0.967 bits per heavy atom. The monoisotopic (exact) mass is 397 g/mol. The van der Waals surface area contributed by atoms with Crippen molar-refractivity contribution in [2.45, 2.75) is 0 Å². The summed E-state index contributed by atoms with van der Waals surface area (Å²) in [4.78, 5) is 20.3. The van der Waals surface area contributed by atoms with E-state index in [-0.39, 0.29) is 5.91 Å². The molecule has 1 aromatic heterocycles. The van der Waals surface area contributed by atoms with E-state index in [1.165, 1.54) is 6.08 Å². The number of carbonyl (C=O) groups is 1. The standard InChI is InChI=1S/C24H19N3O3/c28-23(10-9-16-5-2-1-3-6-16)25-18-8-4-7-17(13-18)24-26-19-14-21-22(15-20(19)27-24)30-12-11-29-21/h1-10,13-15H,11-12H2,(H,25,28)(H,26,27)/b10-9+.